The number of H-pyrrole nitrogens is 1. The van der Waals surface area contributed by atoms with Crippen molar-refractivity contribution in [2.75, 3.05) is 4.72 Å². The van der Waals surface area contributed by atoms with E-state index < -0.39 is 15.6 Å². The molecule has 2 N–H and O–H groups in total. The molecule has 0 amide bonds. The van der Waals surface area contributed by atoms with Gasteiger partial charge in [0.1, 0.15) is 16.2 Å². The second kappa shape index (κ2) is 4.46. The summed E-state index contributed by atoms with van der Waals surface area (Å²) in [6.45, 7) is 1.65. The van der Waals surface area contributed by atoms with Gasteiger partial charge in [-0.25, -0.2) is 13.1 Å². The largest absolute Gasteiger partial charge is 0.431 e. The van der Waals surface area contributed by atoms with Crippen molar-refractivity contribution in [3.8, 4) is 0 Å². The fourth-order valence-electron chi connectivity index (χ4n) is 1.17. The third kappa shape index (κ3) is 2.54. The Morgan fingerprint density at radius 2 is 2.22 bits per heavy atom. The van der Waals surface area contributed by atoms with Gasteiger partial charge in [-0.3, -0.25) is 4.79 Å². The molecule has 0 aliphatic carbocycles. The number of anilines is 1. The lowest BCUT2D eigenvalue weighted by Gasteiger charge is -2.03. The van der Waals surface area contributed by atoms with Crippen molar-refractivity contribution in [3.63, 3.8) is 0 Å². The molecule has 2 rings (SSSR count). The highest BCUT2D eigenvalue weighted by atomic mass is 35.5. The number of rotatable bonds is 3. The minimum Gasteiger partial charge on any atom is -0.431 e. The van der Waals surface area contributed by atoms with Crippen LogP contribution in [-0.2, 0) is 10.0 Å². The van der Waals surface area contributed by atoms with Gasteiger partial charge >= 0.3 is 6.01 Å². The second-order valence-corrected chi connectivity index (χ2v) is 5.50. The van der Waals surface area contributed by atoms with Crippen LogP contribution in [0, 0.1) is 6.92 Å². The molecule has 0 saturated heterocycles. The molecule has 0 atom stereocenters. The minimum absolute atomic E-state index is 0.158. The van der Waals surface area contributed by atoms with Crippen LogP contribution in [0.2, 0.25) is 5.02 Å². The molecule has 9 heteroatoms. The first-order valence-electron chi connectivity index (χ1n) is 4.72. The smallest absolute Gasteiger partial charge is 0.309 e. The zero-order chi connectivity index (χ0) is 13.3. The number of pyridine rings is 1. The highest BCUT2D eigenvalue weighted by Crippen LogP contribution is 2.15. The fourth-order valence-corrected chi connectivity index (χ4v) is 2.33. The number of aromatic amines is 1. The molecule has 0 aliphatic heterocycles. The van der Waals surface area contributed by atoms with Gasteiger partial charge in [0.05, 0.1) is 5.69 Å². The van der Waals surface area contributed by atoms with Crippen molar-refractivity contribution in [3.05, 3.63) is 39.6 Å². The van der Waals surface area contributed by atoms with Crippen LogP contribution in [0.5, 0.6) is 0 Å². The van der Waals surface area contributed by atoms with Crippen molar-refractivity contribution in [1.82, 2.24) is 9.97 Å². The second-order valence-electron chi connectivity index (χ2n) is 3.41. The Hall–Kier alpha value is -1.80. The van der Waals surface area contributed by atoms with Gasteiger partial charge in [0.2, 0.25) is 0 Å². The molecule has 7 nitrogen and oxygen atoms in total. The summed E-state index contributed by atoms with van der Waals surface area (Å²) in [5.41, 5.74) is -0.0326. The van der Waals surface area contributed by atoms with Crippen LogP contribution in [0.25, 0.3) is 0 Å². The normalized spacial score (nSPS) is 11.4. The van der Waals surface area contributed by atoms with Crippen LogP contribution in [0.15, 0.2) is 32.6 Å². The van der Waals surface area contributed by atoms with Crippen molar-refractivity contribution >= 4 is 27.6 Å². The molecule has 0 aliphatic rings. The van der Waals surface area contributed by atoms with E-state index in [4.69, 9.17) is 16.0 Å². The Bertz CT molecular complexity index is 734. The third-order valence-electron chi connectivity index (χ3n) is 1.98. The number of hydrogen-bond acceptors (Lipinski definition) is 5. The van der Waals surface area contributed by atoms with E-state index in [1.807, 2.05) is 0 Å². The number of aromatic nitrogens is 2. The van der Waals surface area contributed by atoms with E-state index in [0.29, 0.717) is 5.69 Å². The maximum Gasteiger partial charge on any atom is 0.309 e. The molecule has 0 saturated carbocycles. The van der Waals surface area contributed by atoms with Crippen LogP contribution in [-0.4, -0.2) is 18.4 Å². The number of aryl methyl sites for hydroxylation is 1. The van der Waals surface area contributed by atoms with E-state index in [2.05, 4.69) is 14.7 Å². The Balaban J connectivity index is 2.36. The lowest BCUT2D eigenvalue weighted by molar-refractivity contribution is 0.569. The molecular formula is C9H8ClN3O4S. The van der Waals surface area contributed by atoms with Gasteiger partial charge in [-0.1, -0.05) is 11.6 Å². The van der Waals surface area contributed by atoms with Gasteiger partial charge in [-0.05, 0) is 13.0 Å². The molecule has 0 spiro atoms. The first kappa shape index (κ1) is 12.7. The van der Waals surface area contributed by atoms with Crippen LogP contribution >= 0.6 is 11.6 Å². The monoisotopic (exact) mass is 289 g/mol. The van der Waals surface area contributed by atoms with E-state index in [1.165, 1.54) is 6.26 Å². The Kier molecular flexibility index (Phi) is 3.14. The van der Waals surface area contributed by atoms with Crippen molar-refractivity contribution in [1.29, 1.82) is 0 Å². The number of hydrogen-bond donors (Lipinski definition) is 2. The summed E-state index contributed by atoms with van der Waals surface area (Å²) < 4.78 is 30.8. The van der Waals surface area contributed by atoms with Gasteiger partial charge in [0.15, 0.2) is 0 Å². The van der Waals surface area contributed by atoms with Gasteiger partial charge < -0.3 is 9.40 Å². The number of halogens is 1. The minimum atomic E-state index is -3.90. The summed E-state index contributed by atoms with van der Waals surface area (Å²) in [5.74, 6) is 0. The summed E-state index contributed by atoms with van der Waals surface area (Å²) >= 11 is 5.55. The zero-order valence-electron chi connectivity index (χ0n) is 9.10. The molecule has 18 heavy (non-hydrogen) atoms. The number of oxazole rings is 1. The van der Waals surface area contributed by atoms with E-state index in [9.17, 15) is 13.2 Å². The highest BCUT2D eigenvalue weighted by Gasteiger charge is 2.18. The van der Waals surface area contributed by atoms with Crippen LogP contribution in [0.1, 0.15) is 5.69 Å². The van der Waals surface area contributed by atoms with E-state index >= 15 is 0 Å². The molecule has 96 valence electrons. The molecular weight excluding hydrogens is 282 g/mol. The van der Waals surface area contributed by atoms with Crippen molar-refractivity contribution < 1.29 is 12.8 Å². The summed E-state index contributed by atoms with van der Waals surface area (Å²) in [6, 6.07) is 0.883. The summed E-state index contributed by atoms with van der Waals surface area (Å²) in [5, 5.41) is -0.221. The first-order chi connectivity index (χ1) is 8.38. The molecule has 0 unspecified atom stereocenters. The lowest BCUT2D eigenvalue weighted by atomic mass is 10.5. The average Bonchev–Trinajstić information content (AvgIpc) is 2.67. The van der Waals surface area contributed by atoms with Gasteiger partial charge in [0.25, 0.3) is 15.6 Å². The molecule has 0 bridgehead atoms. The topological polar surface area (TPSA) is 105 Å². The Labute approximate surface area is 107 Å². The van der Waals surface area contributed by atoms with Crippen LogP contribution < -0.4 is 10.3 Å². The fraction of sp³-hybridized carbons (Fsp3) is 0.111. The molecule has 2 aromatic heterocycles. The average molecular weight is 290 g/mol. The SMILES string of the molecule is Cc1coc(NS(=O)(=O)c2c[nH]c(=O)c(Cl)c2)n1. The van der Waals surface area contributed by atoms with Gasteiger partial charge in [-0.15, -0.1) is 0 Å². The van der Waals surface area contributed by atoms with E-state index in [0.717, 1.165) is 12.3 Å². The third-order valence-corrected chi connectivity index (χ3v) is 3.56. The summed E-state index contributed by atoms with van der Waals surface area (Å²) in [7, 11) is -3.90. The zero-order valence-corrected chi connectivity index (χ0v) is 10.7. The highest BCUT2D eigenvalue weighted by molar-refractivity contribution is 7.92. The number of sulfonamides is 1. The maximum atomic E-state index is 11.9. The summed E-state index contributed by atoms with van der Waals surface area (Å²) in [4.78, 5) is 16.8. The van der Waals surface area contributed by atoms with Crippen molar-refractivity contribution in [2.24, 2.45) is 0 Å². The standard InChI is InChI=1S/C9H8ClN3O4S/c1-5-4-17-9(12-5)13-18(15,16)6-2-7(10)8(14)11-3-6/h2-4H,1H3,(H,11,14)(H,12,13). The number of nitrogens with zero attached hydrogens (tertiary/aromatic N) is 1. The molecule has 2 aromatic rings. The number of nitrogens with one attached hydrogen (secondary N) is 2. The van der Waals surface area contributed by atoms with Crippen LogP contribution in [0.3, 0.4) is 0 Å². The van der Waals surface area contributed by atoms with E-state index in [1.54, 1.807) is 6.92 Å². The summed E-state index contributed by atoms with van der Waals surface area (Å²) in [6.07, 6.45) is 2.34. The quantitative estimate of drug-likeness (QED) is 0.881. The molecule has 0 aromatic carbocycles. The van der Waals surface area contributed by atoms with Crippen LogP contribution in [0.4, 0.5) is 6.01 Å². The lowest BCUT2D eigenvalue weighted by Crippen LogP contribution is -2.16. The predicted molar refractivity (Wildman–Crippen MR) is 64.1 cm³/mol. The van der Waals surface area contributed by atoms with Gasteiger partial charge in [0, 0.05) is 6.20 Å². The predicted octanol–water partition coefficient (Wildman–Crippen LogP) is 1.13. The van der Waals surface area contributed by atoms with Crippen molar-refractivity contribution in [2.45, 2.75) is 11.8 Å². The Morgan fingerprint density at radius 3 is 2.78 bits per heavy atom. The molecule has 0 fully saturated rings. The van der Waals surface area contributed by atoms with E-state index in [-0.39, 0.29) is 15.9 Å². The Morgan fingerprint density at radius 1 is 1.50 bits per heavy atom. The first-order valence-corrected chi connectivity index (χ1v) is 6.58. The molecule has 2 heterocycles. The maximum absolute atomic E-state index is 11.9. The van der Waals surface area contributed by atoms with Gasteiger partial charge in [-0.2, -0.15) is 4.98 Å². The molecule has 0 radical (unpaired) electrons.